The van der Waals surface area contributed by atoms with Crippen molar-refractivity contribution in [1.82, 2.24) is 15.5 Å². The monoisotopic (exact) mass is 301 g/mol. The van der Waals surface area contributed by atoms with Crippen LogP contribution in [-0.2, 0) is 15.6 Å². The van der Waals surface area contributed by atoms with E-state index in [0.29, 0.717) is 11.9 Å². The number of nitrogens with zero attached hydrogens (tertiary/aromatic N) is 2. The molecule has 0 spiro atoms. The third-order valence-corrected chi connectivity index (χ3v) is 4.40. The quantitative estimate of drug-likeness (QED) is 0.859. The zero-order valence-electron chi connectivity index (χ0n) is 12.1. The molecule has 1 saturated carbocycles. The maximum absolute atomic E-state index is 11.3. The Hall–Kier alpha value is -0.950. The molecule has 1 aromatic rings. The van der Waals surface area contributed by atoms with E-state index < -0.39 is 9.84 Å². The van der Waals surface area contributed by atoms with Gasteiger partial charge in [-0.1, -0.05) is 24.9 Å². The molecule has 1 N–H and O–H groups in total. The second-order valence-electron chi connectivity index (χ2n) is 5.57. The average molecular weight is 301 g/mol. The maximum atomic E-state index is 11.3. The van der Waals surface area contributed by atoms with Crippen molar-refractivity contribution in [3.05, 3.63) is 11.7 Å². The molecule has 20 heavy (non-hydrogen) atoms. The van der Waals surface area contributed by atoms with E-state index >= 15 is 0 Å². The van der Waals surface area contributed by atoms with Gasteiger partial charge in [-0.05, 0) is 25.8 Å². The third-order valence-electron chi connectivity index (χ3n) is 3.61. The van der Waals surface area contributed by atoms with Gasteiger partial charge < -0.3 is 9.84 Å². The van der Waals surface area contributed by atoms with Crippen LogP contribution in [-0.4, -0.2) is 37.4 Å². The van der Waals surface area contributed by atoms with Crippen LogP contribution in [0.25, 0.3) is 0 Å². The molecule has 0 aliphatic heterocycles. The number of aromatic nitrogens is 2. The standard InChI is InChI=1S/C13H23N3O3S/c1-3-8-14-11-7-5-4-6-10(11)13-15-12(16-19-13)9-20(2,17)18/h10-11,14H,3-9H2,1-2H3. The van der Waals surface area contributed by atoms with Crippen LogP contribution in [0, 0.1) is 0 Å². The van der Waals surface area contributed by atoms with Gasteiger partial charge in [-0.15, -0.1) is 0 Å². The number of sulfone groups is 1. The van der Waals surface area contributed by atoms with Crippen molar-refractivity contribution in [3.63, 3.8) is 0 Å². The van der Waals surface area contributed by atoms with Gasteiger partial charge in [0.1, 0.15) is 5.75 Å². The highest BCUT2D eigenvalue weighted by atomic mass is 32.2. The first-order valence-corrected chi connectivity index (χ1v) is 9.29. The lowest BCUT2D eigenvalue weighted by Gasteiger charge is -2.29. The van der Waals surface area contributed by atoms with E-state index in [1.165, 1.54) is 12.7 Å². The Balaban J connectivity index is 2.08. The van der Waals surface area contributed by atoms with Crippen LogP contribution in [0.1, 0.15) is 56.7 Å². The summed E-state index contributed by atoms with van der Waals surface area (Å²) < 4.78 is 27.8. The third kappa shape index (κ3) is 4.28. The van der Waals surface area contributed by atoms with Crippen molar-refractivity contribution in [2.75, 3.05) is 12.8 Å². The van der Waals surface area contributed by atoms with Crippen molar-refractivity contribution < 1.29 is 12.9 Å². The minimum atomic E-state index is -3.12. The first-order valence-electron chi connectivity index (χ1n) is 7.23. The Morgan fingerprint density at radius 3 is 2.80 bits per heavy atom. The molecule has 1 aromatic heterocycles. The summed E-state index contributed by atoms with van der Waals surface area (Å²) in [5.41, 5.74) is 0. The van der Waals surface area contributed by atoms with Crippen molar-refractivity contribution in [3.8, 4) is 0 Å². The number of hydrogen-bond donors (Lipinski definition) is 1. The molecule has 0 amide bonds. The fourth-order valence-corrected chi connectivity index (χ4v) is 3.30. The van der Waals surface area contributed by atoms with Crippen LogP contribution < -0.4 is 5.32 Å². The number of nitrogens with one attached hydrogen (secondary N) is 1. The van der Waals surface area contributed by atoms with Crippen molar-refractivity contribution in [2.24, 2.45) is 0 Å². The Morgan fingerprint density at radius 1 is 1.35 bits per heavy atom. The molecule has 1 heterocycles. The minimum Gasteiger partial charge on any atom is -0.339 e. The summed E-state index contributed by atoms with van der Waals surface area (Å²) >= 11 is 0. The molecule has 2 unspecified atom stereocenters. The molecule has 114 valence electrons. The van der Waals surface area contributed by atoms with Crippen LogP contribution in [0.2, 0.25) is 0 Å². The second-order valence-corrected chi connectivity index (χ2v) is 7.71. The van der Waals surface area contributed by atoms with Crippen LogP contribution >= 0.6 is 0 Å². The summed E-state index contributed by atoms with van der Waals surface area (Å²) in [6.07, 6.45) is 6.75. The normalized spacial score (nSPS) is 23.9. The van der Waals surface area contributed by atoms with Gasteiger partial charge in [0.2, 0.25) is 5.89 Å². The number of hydrogen-bond acceptors (Lipinski definition) is 6. The lowest BCUT2D eigenvalue weighted by atomic mass is 9.84. The minimum absolute atomic E-state index is 0.156. The zero-order valence-corrected chi connectivity index (χ0v) is 12.9. The molecule has 1 aliphatic carbocycles. The Labute approximate surface area is 120 Å². The number of rotatable bonds is 6. The zero-order chi connectivity index (χ0) is 14.6. The Bertz CT molecular complexity index is 527. The van der Waals surface area contributed by atoms with Gasteiger partial charge >= 0.3 is 0 Å². The maximum Gasteiger partial charge on any atom is 0.231 e. The van der Waals surface area contributed by atoms with E-state index in [4.69, 9.17) is 4.52 Å². The van der Waals surface area contributed by atoms with E-state index in [-0.39, 0.29) is 17.5 Å². The molecule has 0 bridgehead atoms. The highest BCUT2D eigenvalue weighted by Crippen LogP contribution is 2.32. The van der Waals surface area contributed by atoms with Crippen molar-refractivity contribution in [1.29, 1.82) is 0 Å². The van der Waals surface area contributed by atoms with Crippen LogP contribution in [0.4, 0.5) is 0 Å². The molecule has 0 radical (unpaired) electrons. The van der Waals surface area contributed by atoms with Crippen LogP contribution in [0.5, 0.6) is 0 Å². The molecule has 0 saturated heterocycles. The molecule has 6 nitrogen and oxygen atoms in total. The predicted molar refractivity (Wildman–Crippen MR) is 76.1 cm³/mol. The molecule has 1 fully saturated rings. The van der Waals surface area contributed by atoms with Gasteiger partial charge in [-0.3, -0.25) is 0 Å². The topological polar surface area (TPSA) is 85.1 Å². The Morgan fingerprint density at radius 2 is 2.10 bits per heavy atom. The smallest absolute Gasteiger partial charge is 0.231 e. The molecule has 0 aromatic carbocycles. The highest BCUT2D eigenvalue weighted by molar-refractivity contribution is 7.89. The van der Waals surface area contributed by atoms with E-state index in [9.17, 15) is 8.42 Å². The summed E-state index contributed by atoms with van der Waals surface area (Å²) in [6.45, 7) is 3.12. The SMILES string of the molecule is CCCNC1CCCCC1c1nc(CS(C)(=O)=O)no1. The molecule has 2 atom stereocenters. The van der Waals surface area contributed by atoms with Gasteiger partial charge in [0.15, 0.2) is 15.7 Å². The fourth-order valence-electron chi connectivity index (χ4n) is 2.71. The van der Waals surface area contributed by atoms with E-state index in [0.717, 1.165) is 32.2 Å². The molecular formula is C13H23N3O3S. The first-order chi connectivity index (χ1) is 9.49. The van der Waals surface area contributed by atoms with E-state index in [2.05, 4.69) is 22.4 Å². The van der Waals surface area contributed by atoms with Crippen LogP contribution in [0.15, 0.2) is 4.52 Å². The van der Waals surface area contributed by atoms with Crippen LogP contribution in [0.3, 0.4) is 0 Å². The van der Waals surface area contributed by atoms with Gasteiger partial charge in [0, 0.05) is 12.3 Å². The van der Waals surface area contributed by atoms with E-state index in [1.807, 2.05) is 0 Å². The fraction of sp³-hybridized carbons (Fsp3) is 0.846. The lowest BCUT2D eigenvalue weighted by molar-refractivity contribution is 0.262. The Kier molecular flexibility index (Phi) is 5.15. The van der Waals surface area contributed by atoms with Gasteiger partial charge in [-0.2, -0.15) is 4.98 Å². The summed E-state index contributed by atoms with van der Waals surface area (Å²) in [5.74, 6) is 0.895. The highest BCUT2D eigenvalue weighted by Gasteiger charge is 2.30. The van der Waals surface area contributed by atoms with Crippen molar-refractivity contribution in [2.45, 2.75) is 56.7 Å². The predicted octanol–water partition coefficient (Wildman–Crippen LogP) is 1.64. The largest absolute Gasteiger partial charge is 0.339 e. The molecule has 2 rings (SSSR count). The van der Waals surface area contributed by atoms with Gasteiger partial charge in [0.05, 0.1) is 5.92 Å². The lowest BCUT2D eigenvalue weighted by Crippen LogP contribution is -2.37. The second kappa shape index (κ2) is 6.67. The molecular weight excluding hydrogens is 278 g/mol. The summed E-state index contributed by atoms with van der Waals surface area (Å²) in [5, 5.41) is 7.33. The summed E-state index contributed by atoms with van der Waals surface area (Å²) in [4.78, 5) is 4.28. The van der Waals surface area contributed by atoms with Gasteiger partial charge in [0.25, 0.3) is 0 Å². The first kappa shape index (κ1) is 15.4. The molecule has 7 heteroatoms. The average Bonchev–Trinajstić information content (AvgIpc) is 2.82. The van der Waals surface area contributed by atoms with Crippen molar-refractivity contribution >= 4 is 9.84 Å². The molecule has 1 aliphatic rings. The summed E-state index contributed by atoms with van der Waals surface area (Å²) in [7, 11) is -3.12. The van der Waals surface area contributed by atoms with E-state index in [1.54, 1.807) is 0 Å². The van der Waals surface area contributed by atoms with Gasteiger partial charge in [-0.25, -0.2) is 8.42 Å². The summed E-state index contributed by atoms with van der Waals surface area (Å²) in [6, 6.07) is 0.357.